The molecule has 1 fully saturated rings. The van der Waals surface area contributed by atoms with Gasteiger partial charge >= 0.3 is 0 Å². The smallest absolute Gasteiger partial charge is 0.141 e. The van der Waals surface area contributed by atoms with E-state index < -0.39 is 0 Å². The molecule has 3 nitrogen and oxygen atoms in total. The Morgan fingerprint density at radius 2 is 2.00 bits per heavy atom. The van der Waals surface area contributed by atoms with Crippen molar-refractivity contribution in [2.75, 3.05) is 5.73 Å². The molecule has 20 heavy (non-hydrogen) atoms. The molecule has 100 valence electrons. The molecule has 3 heteroatoms. The summed E-state index contributed by atoms with van der Waals surface area (Å²) in [6.45, 7) is 2.11. The zero-order chi connectivity index (χ0) is 13.7. The van der Waals surface area contributed by atoms with Crippen LogP contribution in [0.5, 0.6) is 0 Å². The van der Waals surface area contributed by atoms with Gasteiger partial charge in [0.05, 0.1) is 11.0 Å². The SMILES string of the molecule is Cc1ccc2c(c1)nc(-c1cccc(N)c1)n2C1CC1. The highest BCUT2D eigenvalue weighted by molar-refractivity contribution is 5.82. The van der Waals surface area contributed by atoms with E-state index in [0.29, 0.717) is 6.04 Å². The molecule has 0 bridgehead atoms. The van der Waals surface area contributed by atoms with Crippen molar-refractivity contribution >= 4 is 16.7 Å². The van der Waals surface area contributed by atoms with Gasteiger partial charge in [0.15, 0.2) is 0 Å². The van der Waals surface area contributed by atoms with Crippen LogP contribution >= 0.6 is 0 Å². The number of aryl methyl sites for hydroxylation is 1. The van der Waals surface area contributed by atoms with Crippen LogP contribution < -0.4 is 5.73 Å². The summed E-state index contributed by atoms with van der Waals surface area (Å²) in [5.74, 6) is 1.04. The Hall–Kier alpha value is -2.29. The summed E-state index contributed by atoms with van der Waals surface area (Å²) in [5.41, 5.74) is 11.4. The van der Waals surface area contributed by atoms with E-state index in [1.807, 2.05) is 18.2 Å². The fraction of sp³-hybridized carbons (Fsp3) is 0.235. The number of hydrogen-bond acceptors (Lipinski definition) is 2. The van der Waals surface area contributed by atoms with Gasteiger partial charge in [-0.15, -0.1) is 0 Å². The highest BCUT2D eigenvalue weighted by Crippen LogP contribution is 2.41. The topological polar surface area (TPSA) is 43.8 Å². The van der Waals surface area contributed by atoms with E-state index in [1.165, 1.54) is 23.9 Å². The van der Waals surface area contributed by atoms with E-state index >= 15 is 0 Å². The number of aromatic nitrogens is 2. The summed E-state index contributed by atoms with van der Waals surface area (Å²) < 4.78 is 2.38. The van der Waals surface area contributed by atoms with Crippen LogP contribution in [0.2, 0.25) is 0 Å². The number of rotatable bonds is 2. The number of imidazole rings is 1. The van der Waals surface area contributed by atoms with Gasteiger partial charge in [-0.1, -0.05) is 18.2 Å². The van der Waals surface area contributed by atoms with E-state index in [2.05, 4.69) is 35.8 Å². The summed E-state index contributed by atoms with van der Waals surface area (Å²) in [7, 11) is 0. The molecule has 0 amide bonds. The molecule has 2 N–H and O–H groups in total. The molecule has 3 aromatic rings. The van der Waals surface area contributed by atoms with Gasteiger partial charge in [-0.05, 0) is 49.6 Å². The van der Waals surface area contributed by atoms with Crippen molar-refractivity contribution in [1.29, 1.82) is 0 Å². The molecular formula is C17H17N3. The second-order valence-electron chi connectivity index (χ2n) is 5.65. The second-order valence-corrected chi connectivity index (χ2v) is 5.65. The van der Waals surface area contributed by atoms with E-state index in [9.17, 15) is 0 Å². The lowest BCUT2D eigenvalue weighted by molar-refractivity contribution is 0.775. The Labute approximate surface area is 118 Å². The summed E-state index contributed by atoms with van der Waals surface area (Å²) in [6, 6.07) is 15.1. The monoisotopic (exact) mass is 263 g/mol. The zero-order valence-electron chi connectivity index (χ0n) is 11.5. The van der Waals surface area contributed by atoms with Gasteiger partial charge < -0.3 is 10.3 Å². The van der Waals surface area contributed by atoms with Crippen molar-refractivity contribution < 1.29 is 0 Å². The van der Waals surface area contributed by atoms with Crippen molar-refractivity contribution in [2.24, 2.45) is 0 Å². The molecule has 0 spiro atoms. The van der Waals surface area contributed by atoms with Gasteiger partial charge in [0.1, 0.15) is 5.82 Å². The fourth-order valence-corrected chi connectivity index (χ4v) is 2.79. The maximum absolute atomic E-state index is 5.92. The number of benzene rings is 2. The maximum Gasteiger partial charge on any atom is 0.141 e. The van der Waals surface area contributed by atoms with Gasteiger partial charge in [-0.3, -0.25) is 0 Å². The third kappa shape index (κ3) is 1.78. The van der Waals surface area contributed by atoms with Crippen LogP contribution in [0.15, 0.2) is 42.5 Å². The maximum atomic E-state index is 5.92. The molecule has 0 saturated heterocycles. The van der Waals surface area contributed by atoms with Crippen LogP contribution in [0.4, 0.5) is 5.69 Å². The van der Waals surface area contributed by atoms with Crippen molar-refractivity contribution in [3.05, 3.63) is 48.0 Å². The highest BCUT2D eigenvalue weighted by atomic mass is 15.1. The molecule has 1 aromatic heterocycles. The molecule has 1 aliphatic carbocycles. The van der Waals surface area contributed by atoms with Crippen LogP contribution in [0.25, 0.3) is 22.4 Å². The average Bonchev–Trinajstić information content (AvgIpc) is 3.19. The van der Waals surface area contributed by atoms with Crippen molar-refractivity contribution in [3.63, 3.8) is 0 Å². The van der Waals surface area contributed by atoms with E-state index in [0.717, 1.165) is 22.6 Å². The van der Waals surface area contributed by atoms with Gasteiger partial charge in [0, 0.05) is 17.3 Å². The number of anilines is 1. The number of nitrogen functional groups attached to an aromatic ring is 1. The Kier molecular flexibility index (Phi) is 2.36. The molecule has 2 aromatic carbocycles. The number of nitrogens with zero attached hydrogens (tertiary/aromatic N) is 2. The molecular weight excluding hydrogens is 246 g/mol. The van der Waals surface area contributed by atoms with Gasteiger partial charge in [-0.2, -0.15) is 0 Å². The minimum Gasteiger partial charge on any atom is -0.399 e. The van der Waals surface area contributed by atoms with Crippen molar-refractivity contribution in [2.45, 2.75) is 25.8 Å². The average molecular weight is 263 g/mol. The summed E-state index contributed by atoms with van der Waals surface area (Å²) >= 11 is 0. The number of fused-ring (bicyclic) bond motifs is 1. The van der Waals surface area contributed by atoms with Gasteiger partial charge in [0.25, 0.3) is 0 Å². The van der Waals surface area contributed by atoms with Crippen LogP contribution in [0, 0.1) is 6.92 Å². The normalized spacial score (nSPS) is 14.8. The quantitative estimate of drug-likeness (QED) is 0.712. The lowest BCUT2D eigenvalue weighted by Gasteiger charge is -2.08. The fourth-order valence-electron chi connectivity index (χ4n) is 2.79. The lowest BCUT2D eigenvalue weighted by Crippen LogP contribution is -1.97. The van der Waals surface area contributed by atoms with Crippen LogP contribution in [0.1, 0.15) is 24.4 Å². The summed E-state index contributed by atoms with van der Waals surface area (Å²) in [4.78, 5) is 4.85. The minimum absolute atomic E-state index is 0.596. The number of nitrogens with two attached hydrogens (primary N) is 1. The standard InChI is InChI=1S/C17H17N3/c1-11-5-8-16-15(9-11)19-17(20(16)14-6-7-14)12-3-2-4-13(18)10-12/h2-5,8-10,14H,6-7,18H2,1H3. The minimum atomic E-state index is 0.596. The summed E-state index contributed by atoms with van der Waals surface area (Å²) in [5, 5.41) is 0. The lowest BCUT2D eigenvalue weighted by atomic mass is 10.2. The first-order valence-corrected chi connectivity index (χ1v) is 7.07. The second kappa shape index (κ2) is 4.10. The first-order valence-electron chi connectivity index (χ1n) is 7.07. The highest BCUT2D eigenvalue weighted by Gasteiger charge is 2.28. The first kappa shape index (κ1) is 11.5. The molecule has 0 atom stereocenters. The molecule has 1 aliphatic rings. The van der Waals surface area contributed by atoms with Crippen LogP contribution in [0.3, 0.4) is 0 Å². The van der Waals surface area contributed by atoms with E-state index in [4.69, 9.17) is 10.7 Å². The van der Waals surface area contributed by atoms with Gasteiger partial charge in [0.2, 0.25) is 0 Å². The molecule has 1 saturated carbocycles. The Balaban J connectivity index is 2.00. The third-order valence-corrected chi connectivity index (χ3v) is 3.90. The molecule has 0 radical (unpaired) electrons. The molecule has 0 aliphatic heterocycles. The number of hydrogen-bond donors (Lipinski definition) is 1. The van der Waals surface area contributed by atoms with Gasteiger partial charge in [-0.25, -0.2) is 4.98 Å². The molecule has 0 unspecified atom stereocenters. The largest absolute Gasteiger partial charge is 0.399 e. The molecule has 1 heterocycles. The van der Waals surface area contributed by atoms with Crippen molar-refractivity contribution in [3.8, 4) is 11.4 Å². The zero-order valence-corrected chi connectivity index (χ0v) is 11.5. The predicted octanol–water partition coefficient (Wildman–Crippen LogP) is 3.93. The first-order chi connectivity index (χ1) is 9.72. The van der Waals surface area contributed by atoms with Crippen LogP contribution in [-0.2, 0) is 0 Å². The van der Waals surface area contributed by atoms with Crippen LogP contribution in [-0.4, -0.2) is 9.55 Å². The van der Waals surface area contributed by atoms with E-state index in [1.54, 1.807) is 0 Å². The Morgan fingerprint density at radius 1 is 1.15 bits per heavy atom. The van der Waals surface area contributed by atoms with E-state index in [-0.39, 0.29) is 0 Å². The Morgan fingerprint density at radius 3 is 2.75 bits per heavy atom. The summed E-state index contributed by atoms with van der Waals surface area (Å²) in [6.07, 6.45) is 2.49. The Bertz CT molecular complexity index is 797. The van der Waals surface area contributed by atoms with Crippen molar-refractivity contribution in [1.82, 2.24) is 9.55 Å². The predicted molar refractivity (Wildman–Crippen MR) is 82.6 cm³/mol. The third-order valence-electron chi connectivity index (χ3n) is 3.90. The molecule has 4 rings (SSSR count).